The van der Waals surface area contributed by atoms with E-state index in [0.29, 0.717) is 29.4 Å². The second-order valence-corrected chi connectivity index (χ2v) is 6.09. The van der Waals surface area contributed by atoms with Gasteiger partial charge in [0.15, 0.2) is 0 Å². The Morgan fingerprint density at radius 3 is 2.75 bits per heavy atom. The van der Waals surface area contributed by atoms with Crippen LogP contribution in [-0.4, -0.2) is 21.9 Å². The molecule has 1 saturated carbocycles. The highest BCUT2D eigenvalue weighted by Crippen LogP contribution is 2.18. The first kappa shape index (κ1) is 16.4. The van der Waals surface area contributed by atoms with E-state index in [9.17, 15) is 9.18 Å². The van der Waals surface area contributed by atoms with E-state index in [1.54, 1.807) is 31.2 Å². The number of carbonyl (C=O) groups excluding carboxylic acids is 1. The third kappa shape index (κ3) is 4.07. The lowest BCUT2D eigenvalue weighted by molar-refractivity contribution is 0.0932. The van der Waals surface area contributed by atoms with Gasteiger partial charge in [-0.05, 0) is 25.8 Å². The van der Waals surface area contributed by atoms with Gasteiger partial charge in [-0.1, -0.05) is 31.0 Å². The lowest BCUT2D eigenvalue weighted by atomic mass is 10.2. The summed E-state index contributed by atoms with van der Waals surface area (Å²) >= 11 is 0. The third-order valence-electron chi connectivity index (χ3n) is 4.18. The van der Waals surface area contributed by atoms with E-state index in [4.69, 9.17) is 0 Å². The summed E-state index contributed by atoms with van der Waals surface area (Å²) < 4.78 is 13.7. The number of halogens is 1. The van der Waals surface area contributed by atoms with Crippen molar-refractivity contribution in [1.82, 2.24) is 15.3 Å². The maximum absolute atomic E-state index is 13.7. The number of hydrogen-bond donors (Lipinski definition) is 2. The first-order chi connectivity index (χ1) is 11.6. The van der Waals surface area contributed by atoms with E-state index in [-0.39, 0.29) is 17.8 Å². The van der Waals surface area contributed by atoms with Gasteiger partial charge in [0.1, 0.15) is 23.2 Å². The van der Waals surface area contributed by atoms with E-state index >= 15 is 0 Å². The van der Waals surface area contributed by atoms with E-state index in [1.165, 1.54) is 6.07 Å². The van der Waals surface area contributed by atoms with E-state index in [0.717, 1.165) is 25.7 Å². The number of aryl methyl sites for hydroxylation is 1. The predicted molar refractivity (Wildman–Crippen MR) is 90.2 cm³/mol. The monoisotopic (exact) mass is 328 g/mol. The normalized spacial score (nSPS) is 14.6. The Balaban J connectivity index is 1.69. The molecule has 0 radical (unpaired) electrons. The maximum atomic E-state index is 13.7. The van der Waals surface area contributed by atoms with Crippen LogP contribution in [0.4, 0.5) is 10.2 Å². The number of nitrogens with one attached hydrogen (secondary N) is 2. The van der Waals surface area contributed by atoms with Crippen molar-refractivity contribution in [3.63, 3.8) is 0 Å². The van der Waals surface area contributed by atoms with E-state index < -0.39 is 0 Å². The van der Waals surface area contributed by atoms with Gasteiger partial charge in [-0.15, -0.1) is 0 Å². The number of rotatable bonds is 5. The van der Waals surface area contributed by atoms with Gasteiger partial charge in [0.25, 0.3) is 5.91 Å². The van der Waals surface area contributed by atoms with Crippen molar-refractivity contribution < 1.29 is 9.18 Å². The molecule has 0 atom stereocenters. The first-order valence-corrected chi connectivity index (χ1v) is 8.25. The van der Waals surface area contributed by atoms with Crippen LogP contribution >= 0.6 is 0 Å². The van der Waals surface area contributed by atoms with Crippen molar-refractivity contribution in [2.75, 3.05) is 5.32 Å². The topological polar surface area (TPSA) is 66.9 Å². The molecule has 126 valence electrons. The van der Waals surface area contributed by atoms with Gasteiger partial charge in [0, 0.05) is 24.2 Å². The molecule has 0 unspecified atom stereocenters. The molecule has 1 aromatic heterocycles. The average Bonchev–Trinajstić information content (AvgIpc) is 3.06. The maximum Gasteiger partial charge on any atom is 0.270 e. The van der Waals surface area contributed by atoms with Gasteiger partial charge in [-0.25, -0.2) is 14.4 Å². The SMILES string of the molecule is Cc1nc(NCc2ccccc2F)cc(C(=O)NC2CCCC2)n1. The van der Waals surface area contributed by atoms with Gasteiger partial charge >= 0.3 is 0 Å². The van der Waals surface area contributed by atoms with Crippen molar-refractivity contribution in [3.8, 4) is 0 Å². The molecule has 1 fully saturated rings. The van der Waals surface area contributed by atoms with Crippen LogP contribution < -0.4 is 10.6 Å². The number of benzene rings is 1. The smallest absolute Gasteiger partial charge is 0.270 e. The number of nitrogens with zero attached hydrogens (tertiary/aromatic N) is 2. The fourth-order valence-electron chi connectivity index (χ4n) is 2.93. The molecular formula is C18H21FN4O. The Morgan fingerprint density at radius 2 is 2.00 bits per heavy atom. The van der Waals surface area contributed by atoms with E-state index in [1.807, 2.05) is 0 Å². The van der Waals surface area contributed by atoms with Crippen LogP contribution in [0.2, 0.25) is 0 Å². The minimum Gasteiger partial charge on any atom is -0.366 e. The number of carbonyl (C=O) groups is 1. The standard InChI is InChI=1S/C18H21FN4O/c1-12-21-16(18(24)23-14-7-3-4-8-14)10-17(22-12)20-11-13-6-2-5-9-15(13)19/h2,5-6,9-10,14H,3-4,7-8,11H2,1H3,(H,23,24)(H,20,21,22). The summed E-state index contributed by atoms with van der Waals surface area (Å²) in [6.07, 6.45) is 4.36. The summed E-state index contributed by atoms with van der Waals surface area (Å²) in [5, 5.41) is 6.08. The molecule has 1 aliphatic rings. The predicted octanol–water partition coefficient (Wildman–Crippen LogP) is 3.21. The number of hydrogen-bond acceptors (Lipinski definition) is 4. The fraction of sp³-hybridized carbons (Fsp3) is 0.389. The molecule has 0 spiro atoms. The second kappa shape index (κ2) is 7.38. The van der Waals surface area contributed by atoms with Crippen LogP contribution in [0.15, 0.2) is 30.3 Å². The van der Waals surface area contributed by atoms with Crippen molar-refractivity contribution in [1.29, 1.82) is 0 Å². The Hall–Kier alpha value is -2.50. The Labute approximate surface area is 140 Å². The molecule has 3 rings (SSSR count). The molecule has 2 aromatic rings. The highest BCUT2D eigenvalue weighted by Gasteiger charge is 2.19. The lowest BCUT2D eigenvalue weighted by Gasteiger charge is -2.13. The zero-order chi connectivity index (χ0) is 16.9. The van der Waals surface area contributed by atoms with Crippen LogP contribution in [0.3, 0.4) is 0 Å². The summed E-state index contributed by atoms with van der Waals surface area (Å²) in [7, 11) is 0. The summed E-state index contributed by atoms with van der Waals surface area (Å²) in [5.41, 5.74) is 0.885. The highest BCUT2D eigenvalue weighted by molar-refractivity contribution is 5.93. The molecule has 1 heterocycles. The zero-order valence-electron chi connectivity index (χ0n) is 13.7. The van der Waals surface area contributed by atoms with Gasteiger partial charge in [-0.3, -0.25) is 4.79 Å². The Kier molecular flexibility index (Phi) is 5.03. The molecule has 2 N–H and O–H groups in total. The molecule has 6 heteroatoms. The van der Waals surface area contributed by atoms with Gasteiger partial charge < -0.3 is 10.6 Å². The van der Waals surface area contributed by atoms with Crippen molar-refractivity contribution in [3.05, 3.63) is 53.2 Å². The van der Waals surface area contributed by atoms with Gasteiger partial charge in [0.2, 0.25) is 0 Å². The number of amides is 1. The first-order valence-electron chi connectivity index (χ1n) is 8.25. The third-order valence-corrected chi connectivity index (χ3v) is 4.18. The summed E-state index contributed by atoms with van der Waals surface area (Å²) in [6.45, 7) is 2.04. The summed E-state index contributed by atoms with van der Waals surface area (Å²) in [4.78, 5) is 20.8. The largest absolute Gasteiger partial charge is 0.366 e. The minimum atomic E-state index is -0.269. The molecular weight excluding hydrogens is 307 g/mol. The van der Waals surface area contributed by atoms with E-state index in [2.05, 4.69) is 20.6 Å². The summed E-state index contributed by atoms with van der Waals surface area (Å²) in [6, 6.07) is 8.41. The molecule has 1 aliphatic carbocycles. The zero-order valence-corrected chi connectivity index (χ0v) is 13.7. The second-order valence-electron chi connectivity index (χ2n) is 6.09. The fourth-order valence-corrected chi connectivity index (χ4v) is 2.93. The molecule has 0 bridgehead atoms. The number of anilines is 1. The van der Waals surface area contributed by atoms with Crippen LogP contribution in [-0.2, 0) is 6.54 Å². The van der Waals surface area contributed by atoms with Crippen molar-refractivity contribution >= 4 is 11.7 Å². The van der Waals surface area contributed by atoms with Crippen LogP contribution in [0.25, 0.3) is 0 Å². The molecule has 1 aromatic carbocycles. The lowest BCUT2D eigenvalue weighted by Crippen LogP contribution is -2.33. The number of aromatic nitrogens is 2. The minimum absolute atomic E-state index is 0.179. The molecule has 1 amide bonds. The molecule has 0 saturated heterocycles. The Morgan fingerprint density at radius 1 is 1.25 bits per heavy atom. The van der Waals surface area contributed by atoms with Crippen LogP contribution in [0, 0.1) is 12.7 Å². The molecule has 24 heavy (non-hydrogen) atoms. The van der Waals surface area contributed by atoms with Gasteiger partial charge in [0.05, 0.1) is 0 Å². The Bertz CT molecular complexity index is 729. The van der Waals surface area contributed by atoms with Gasteiger partial charge in [-0.2, -0.15) is 0 Å². The van der Waals surface area contributed by atoms with Crippen molar-refractivity contribution in [2.45, 2.75) is 45.2 Å². The molecule has 5 nitrogen and oxygen atoms in total. The van der Waals surface area contributed by atoms with Crippen LogP contribution in [0.5, 0.6) is 0 Å². The van der Waals surface area contributed by atoms with Crippen LogP contribution in [0.1, 0.15) is 47.6 Å². The summed E-state index contributed by atoms with van der Waals surface area (Å²) in [5.74, 6) is 0.573. The highest BCUT2D eigenvalue weighted by atomic mass is 19.1. The quantitative estimate of drug-likeness (QED) is 0.884. The van der Waals surface area contributed by atoms with Crippen molar-refractivity contribution in [2.24, 2.45) is 0 Å². The molecule has 0 aliphatic heterocycles. The average molecular weight is 328 g/mol.